The van der Waals surface area contributed by atoms with Crippen molar-refractivity contribution >= 4 is 17.6 Å². The number of urea groups is 1. The minimum atomic E-state index is -0.166. The molecule has 0 spiro atoms. The maximum absolute atomic E-state index is 11.5. The zero-order valence-electron chi connectivity index (χ0n) is 10.1. The first-order valence-electron chi connectivity index (χ1n) is 6.12. The summed E-state index contributed by atoms with van der Waals surface area (Å²) in [6.45, 7) is 1.87. The van der Waals surface area contributed by atoms with Crippen LogP contribution in [-0.2, 0) is 11.3 Å². The number of halogens is 1. The smallest absolute Gasteiger partial charge is 0.315 e. The van der Waals surface area contributed by atoms with E-state index in [1.807, 2.05) is 24.3 Å². The van der Waals surface area contributed by atoms with Crippen molar-refractivity contribution in [2.75, 3.05) is 13.2 Å². The van der Waals surface area contributed by atoms with Gasteiger partial charge in [0.1, 0.15) is 0 Å². The third-order valence-corrected chi connectivity index (χ3v) is 3.13. The predicted octanol–water partition coefficient (Wildman–Crippen LogP) is 2.32. The minimum Gasteiger partial charge on any atom is -0.376 e. The first-order chi connectivity index (χ1) is 8.74. The molecule has 1 saturated heterocycles. The van der Waals surface area contributed by atoms with Gasteiger partial charge in [-0.3, -0.25) is 0 Å². The van der Waals surface area contributed by atoms with Gasteiger partial charge in [0.2, 0.25) is 0 Å². The summed E-state index contributed by atoms with van der Waals surface area (Å²) in [6, 6.07) is 7.23. The second-order valence-corrected chi connectivity index (χ2v) is 4.76. The summed E-state index contributed by atoms with van der Waals surface area (Å²) in [5.74, 6) is 0. The summed E-state index contributed by atoms with van der Waals surface area (Å²) in [5, 5.41) is 6.29. The number of nitrogens with one attached hydrogen (secondary N) is 2. The molecule has 0 aromatic heterocycles. The molecule has 2 amide bonds. The Morgan fingerprint density at radius 1 is 1.33 bits per heavy atom. The van der Waals surface area contributed by atoms with Crippen molar-refractivity contribution in [2.45, 2.75) is 25.5 Å². The fourth-order valence-electron chi connectivity index (χ4n) is 1.86. The Morgan fingerprint density at radius 3 is 2.78 bits per heavy atom. The second kappa shape index (κ2) is 6.61. The van der Waals surface area contributed by atoms with Crippen molar-refractivity contribution in [1.29, 1.82) is 0 Å². The lowest BCUT2D eigenvalue weighted by Gasteiger charge is -2.11. The number of amides is 2. The average molecular weight is 269 g/mol. The molecule has 4 nitrogen and oxygen atoms in total. The Morgan fingerprint density at radius 2 is 2.11 bits per heavy atom. The highest BCUT2D eigenvalue weighted by Crippen LogP contribution is 2.10. The maximum atomic E-state index is 11.5. The highest BCUT2D eigenvalue weighted by molar-refractivity contribution is 6.30. The molecule has 2 N–H and O–H groups in total. The van der Waals surface area contributed by atoms with Crippen LogP contribution in [0.5, 0.6) is 0 Å². The summed E-state index contributed by atoms with van der Waals surface area (Å²) >= 11 is 5.78. The van der Waals surface area contributed by atoms with Gasteiger partial charge >= 0.3 is 6.03 Å². The molecule has 1 aliphatic rings. The van der Waals surface area contributed by atoms with E-state index in [2.05, 4.69) is 10.6 Å². The molecular formula is C13H17ClN2O2. The Balaban J connectivity index is 1.66. The van der Waals surface area contributed by atoms with Crippen LogP contribution in [0.15, 0.2) is 24.3 Å². The quantitative estimate of drug-likeness (QED) is 0.881. The van der Waals surface area contributed by atoms with Crippen molar-refractivity contribution in [3.63, 3.8) is 0 Å². The van der Waals surface area contributed by atoms with Crippen molar-refractivity contribution in [3.05, 3.63) is 34.9 Å². The van der Waals surface area contributed by atoms with E-state index in [1.165, 1.54) is 0 Å². The van der Waals surface area contributed by atoms with Crippen LogP contribution >= 0.6 is 11.6 Å². The summed E-state index contributed by atoms with van der Waals surface area (Å²) in [6.07, 6.45) is 2.28. The minimum absolute atomic E-state index is 0.166. The van der Waals surface area contributed by atoms with Gasteiger partial charge in [-0.1, -0.05) is 23.7 Å². The highest BCUT2D eigenvalue weighted by atomic mass is 35.5. The molecule has 1 aliphatic heterocycles. The van der Waals surface area contributed by atoms with Crippen LogP contribution < -0.4 is 10.6 Å². The van der Waals surface area contributed by atoms with Crippen LogP contribution in [0.2, 0.25) is 5.02 Å². The van der Waals surface area contributed by atoms with Crippen molar-refractivity contribution in [2.24, 2.45) is 0 Å². The van der Waals surface area contributed by atoms with E-state index in [4.69, 9.17) is 16.3 Å². The van der Waals surface area contributed by atoms with Crippen molar-refractivity contribution in [3.8, 4) is 0 Å². The Bertz CT molecular complexity index is 388. The Kier molecular flexibility index (Phi) is 4.84. The van der Waals surface area contributed by atoms with E-state index in [9.17, 15) is 4.79 Å². The molecule has 1 fully saturated rings. The summed E-state index contributed by atoms with van der Waals surface area (Å²) < 4.78 is 5.42. The number of ether oxygens (including phenoxy) is 1. The van der Waals surface area contributed by atoms with Gasteiger partial charge < -0.3 is 15.4 Å². The number of hydrogen-bond donors (Lipinski definition) is 2. The van der Waals surface area contributed by atoms with E-state index in [1.54, 1.807) is 0 Å². The third kappa shape index (κ3) is 4.20. The normalized spacial score (nSPS) is 18.6. The van der Waals surface area contributed by atoms with Gasteiger partial charge in [-0.25, -0.2) is 4.79 Å². The van der Waals surface area contributed by atoms with E-state index in [0.717, 1.165) is 25.0 Å². The van der Waals surface area contributed by atoms with Gasteiger partial charge in [0.25, 0.3) is 0 Å². The third-order valence-electron chi connectivity index (χ3n) is 2.88. The molecule has 2 rings (SSSR count). The zero-order chi connectivity index (χ0) is 12.8. The molecule has 0 bridgehead atoms. The van der Waals surface area contributed by atoms with Gasteiger partial charge in [0, 0.05) is 24.7 Å². The lowest BCUT2D eigenvalue weighted by Crippen LogP contribution is -2.39. The molecule has 0 aliphatic carbocycles. The Hall–Kier alpha value is -1.26. The van der Waals surface area contributed by atoms with E-state index < -0.39 is 0 Å². The molecule has 0 radical (unpaired) electrons. The first-order valence-corrected chi connectivity index (χ1v) is 6.49. The average Bonchev–Trinajstić information content (AvgIpc) is 2.89. The lowest BCUT2D eigenvalue weighted by molar-refractivity contribution is 0.111. The fourth-order valence-corrected chi connectivity index (χ4v) is 1.98. The number of rotatable bonds is 4. The Labute approximate surface area is 112 Å². The number of hydrogen-bond acceptors (Lipinski definition) is 2. The molecule has 1 heterocycles. The van der Waals surface area contributed by atoms with Gasteiger partial charge in [-0.15, -0.1) is 0 Å². The molecule has 5 heteroatoms. The molecule has 18 heavy (non-hydrogen) atoms. The van der Waals surface area contributed by atoms with Crippen molar-refractivity contribution in [1.82, 2.24) is 10.6 Å². The van der Waals surface area contributed by atoms with Gasteiger partial charge in [0.05, 0.1) is 6.10 Å². The number of carbonyl (C=O) groups excluding carboxylic acids is 1. The van der Waals surface area contributed by atoms with E-state index >= 15 is 0 Å². The molecule has 1 aromatic carbocycles. The lowest BCUT2D eigenvalue weighted by atomic mass is 10.2. The SMILES string of the molecule is O=C(NCc1ccc(Cl)cc1)NCC1CCCO1. The predicted molar refractivity (Wildman–Crippen MR) is 70.7 cm³/mol. The molecule has 1 aromatic rings. The van der Waals surface area contributed by atoms with Gasteiger partial charge in [-0.2, -0.15) is 0 Å². The topological polar surface area (TPSA) is 50.4 Å². The number of carbonyl (C=O) groups is 1. The summed E-state index contributed by atoms with van der Waals surface area (Å²) in [7, 11) is 0. The number of benzene rings is 1. The van der Waals surface area contributed by atoms with Crippen LogP contribution in [-0.4, -0.2) is 25.3 Å². The van der Waals surface area contributed by atoms with E-state index in [-0.39, 0.29) is 12.1 Å². The molecule has 0 saturated carbocycles. The van der Waals surface area contributed by atoms with Crippen LogP contribution in [0.3, 0.4) is 0 Å². The van der Waals surface area contributed by atoms with Gasteiger partial charge in [-0.05, 0) is 30.5 Å². The second-order valence-electron chi connectivity index (χ2n) is 4.33. The van der Waals surface area contributed by atoms with Crippen molar-refractivity contribution < 1.29 is 9.53 Å². The standard InChI is InChI=1S/C13H17ClN2O2/c14-11-5-3-10(4-6-11)8-15-13(17)16-9-12-2-1-7-18-12/h3-6,12H,1-2,7-9H2,(H2,15,16,17). The largest absolute Gasteiger partial charge is 0.376 e. The summed E-state index contributed by atoms with van der Waals surface area (Å²) in [4.78, 5) is 11.5. The molecule has 1 atom stereocenters. The van der Waals surface area contributed by atoms with Gasteiger partial charge in [0.15, 0.2) is 0 Å². The zero-order valence-corrected chi connectivity index (χ0v) is 10.9. The molecular weight excluding hydrogens is 252 g/mol. The van der Waals surface area contributed by atoms with Crippen LogP contribution in [0.4, 0.5) is 4.79 Å². The monoisotopic (exact) mass is 268 g/mol. The molecule has 98 valence electrons. The maximum Gasteiger partial charge on any atom is 0.315 e. The van der Waals surface area contributed by atoms with Crippen LogP contribution in [0, 0.1) is 0 Å². The first kappa shape index (κ1) is 13.2. The highest BCUT2D eigenvalue weighted by Gasteiger charge is 2.15. The summed E-state index contributed by atoms with van der Waals surface area (Å²) in [5.41, 5.74) is 1.02. The van der Waals surface area contributed by atoms with Crippen LogP contribution in [0.1, 0.15) is 18.4 Å². The fraction of sp³-hybridized carbons (Fsp3) is 0.462. The molecule has 1 unspecified atom stereocenters. The van der Waals surface area contributed by atoms with Crippen LogP contribution in [0.25, 0.3) is 0 Å². The van der Waals surface area contributed by atoms with E-state index in [0.29, 0.717) is 18.1 Å².